The van der Waals surface area contributed by atoms with E-state index in [2.05, 4.69) is 10.3 Å². The molecule has 0 amide bonds. The summed E-state index contributed by atoms with van der Waals surface area (Å²) in [5.74, 6) is 0. The van der Waals surface area contributed by atoms with Crippen molar-refractivity contribution in [2.45, 2.75) is 26.3 Å². The molecule has 0 aliphatic carbocycles. The Morgan fingerprint density at radius 1 is 1.56 bits per heavy atom. The molecule has 0 N–H and O–H groups in total. The fourth-order valence-electron chi connectivity index (χ4n) is 1.26. The lowest BCUT2D eigenvalue weighted by Crippen LogP contribution is -2.11. The van der Waals surface area contributed by atoms with Crippen LogP contribution in [0.25, 0.3) is 0 Å². The first-order chi connectivity index (χ1) is 7.70. The minimum Gasteiger partial charge on any atom is -0.380 e. The lowest BCUT2D eigenvalue weighted by atomic mass is 10.2. The van der Waals surface area contributed by atoms with Crippen LogP contribution in [0.2, 0.25) is 0 Å². The monoisotopic (exact) mass is 230 g/mol. The van der Waals surface area contributed by atoms with E-state index in [-0.39, 0.29) is 24.4 Å². The zero-order valence-electron chi connectivity index (χ0n) is 8.86. The SMILES string of the molecule is CCOCCn1nnc(CC#N)c1C(F)F. The van der Waals surface area contributed by atoms with E-state index < -0.39 is 6.43 Å². The average Bonchev–Trinajstić information content (AvgIpc) is 2.62. The molecule has 5 nitrogen and oxygen atoms in total. The van der Waals surface area contributed by atoms with Gasteiger partial charge in [0.15, 0.2) is 0 Å². The molecule has 1 rings (SSSR count). The van der Waals surface area contributed by atoms with Crippen molar-refractivity contribution < 1.29 is 13.5 Å². The first-order valence-electron chi connectivity index (χ1n) is 4.85. The number of halogens is 2. The molecular formula is C9H12F2N4O. The summed E-state index contributed by atoms with van der Waals surface area (Å²) in [4.78, 5) is 0. The van der Waals surface area contributed by atoms with E-state index in [4.69, 9.17) is 10.00 Å². The Bertz CT molecular complexity index is 372. The smallest absolute Gasteiger partial charge is 0.281 e. The van der Waals surface area contributed by atoms with Crippen LogP contribution >= 0.6 is 0 Å². The highest BCUT2D eigenvalue weighted by Gasteiger charge is 2.21. The van der Waals surface area contributed by atoms with Crippen molar-refractivity contribution in [1.29, 1.82) is 5.26 Å². The molecule has 88 valence electrons. The fourth-order valence-corrected chi connectivity index (χ4v) is 1.26. The van der Waals surface area contributed by atoms with Crippen LogP contribution in [0.4, 0.5) is 8.78 Å². The largest absolute Gasteiger partial charge is 0.380 e. The van der Waals surface area contributed by atoms with Crippen LogP contribution < -0.4 is 0 Å². The molecule has 1 heterocycles. The van der Waals surface area contributed by atoms with Gasteiger partial charge in [-0.15, -0.1) is 5.10 Å². The Morgan fingerprint density at radius 3 is 2.88 bits per heavy atom. The number of hydrogen-bond acceptors (Lipinski definition) is 4. The van der Waals surface area contributed by atoms with E-state index in [0.717, 1.165) is 4.68 Å². The van der Waals surface area contributed by atoms with Gasteiger partial charge in [0.05, 0.1) is 25.6 Å². The number of alkyl halides is 2. The molecule has 0 bridgehead atoms. The lowest BCUT2D eigenvalue weighted by Gasteiger charge is -2.06. The maximum Gasteiger partial charge on any atom is 0.281 e. The topological polar surface area (TPSA) is 63.7 Å². The maximum atomic E-state index is 12.7. The third kappa shape index (κ3) is 2.97. The number of nitrogens with zero attached hydrogens (tertiary/aromatic N) is 4. The highest BCUT2D eigenvalue weighted by molar-refractivity contribution is 5.15. The molecule has 0 unspecified atom stereocenters. The quantitative estimate of drug-likeness (QED) is 0.691. The van der Waals surface area contributed by atoms with Crippen LogP contribution in [0, 0.1) is 11.3 Å². The van der Waals surface area contributed by atoms with Gasteiger partial charge >= 0.3 is 0 Å². The first-order valence-corrected chi connectivity index (χ1v) is 4.85. The van der Waals surface area contributed by atoms with E-state index >= 15 is 0 Å². The Kier molecular flexibility index (Phi) is 4.79. The van der Waals surface area contributed by atoms with E-state index in [1.54, 1.807) is 6.07 Å². The van der Waals surface area contributed by atoms with Crippen LogP contribution in [-0.2, 0) is 17.7 Å². The third-order valence-electron chi connectivity index (χ3n) is 1.95. The lowest BCUT2D eigenvalue weighted by molar-refractivity contribution is 0.117. The van der Waals surface area contributed by atoms with Gasteiger partial charge in [0.25, 0.3) is 6.43 Å². The highest BCUT2D eigenvalue weighted by atomic mass is 19.3. The van der Waals surface area contributed by atoms with Crippen molar-refractivity contribution >= 4 is 0 Å². The molecular weight excluding hydrogens is 218 g/mol. The molecule has 0 radical (unpaired) electrons. The van der Waals surface area contributed by atoms with Crippen molar-refractivity contribution in [2.24, 2.45) is 0 Å². The van der Waals surface area contributed by atoms with Crippen molar-refractivity contribution in [3.05, 3.63) is 11.4 Å². The molecule has 7 heteroatoms. The molecule has 0 saturated carbocycles. The number of nitriles is 1. The summed E-state index contributed by atoms with van der Waals surface area (Å²) in [6.07, 6.45) is -2.84. The van der Waals surface area contributed by atoms with Crippen molar-refractivity contribution in [2.75, 3.05) is 13.2 Å². The standard InChI is InChI=1S/C9H12F2N4O/c1-2-16-6-5-15-8(9(10)11)7(3-4-12)13-14-15/h9H,2-3,5-6H2,1H3. The number of ether oxygens (including phenoxy) is 1. The predicted molar refractivity (Wildman–Crippen MR) is 50.8 cm³/mol. The van der Waals surface area contributed by atoms with Gasteiger partial charge in [0, 0.05) is 6.61 Å². The Balaban J connectivity index is 2.79. The zero-order valence-corrected chi connectivity index (χ0v) is 8.86. The van der Waals surface area contributed by atoms with Crippen LogP contribution in [0.3, 0.4) is 0 Å². The molecule has 0 saturated heterocycles. The van der Waals surface area contributed by atoms with Crippen molar-refractivity contribution in [3.63, 3.8) is 0 Å². The van der Waals surface area contributed by atoms with Gasteiger partial charge in [-0.05, 0) is 6.92 Å². The van der Waals surface area contributed by atoms with E-state index in [9.17, 15) is 8.78 Å². The molecule has 16 heavy (non-hydrogen) atoms. The molecule has 0 aliphatic rings. The summed E-state index contributed by atoms with van der Waals surface area (Å²) < 4.78 is 31.5. The fraction of sp³-hybridized carbons (Fsp3) is 0.667. The van der Waals surface area contributed by atoms with Gasteiger partial charge < -0.3 is 4.74 Å². The average molecular weight is 230 g/mol. The van der Waals surface area contributed by atoms with E-state index in [0.29, 0.717) is 13.2 Å². The molecule has 1 aromatic rings. The molecule has 1 aromatic heterocycles. The summed E-state index contributed by atoms with van der Waals surface area (Å²) in [6.45, 7) is 2.84. The molecule has 0 atom stereocenters. The summed E-state index contributed by atoms with van der Waals surface area (Å²) in [7, 11) is 0. The van der Waals surface area contributed by atoms with Crippen molar-refractivity contribution in [1.82, 2.24) is 15.0 Å². The number of rotatable bonds is 6. The first kappa shape index (κ1) is 12.5. The van der Waals surface area contributed by atoms with E-state index in [1.165, 1.54) is 0 Å². The Hall–Kier alpha value is -1.55. The second-order valence-electron chi connectivity index (χ2n) is 2.98. The Labute approximate surface area is 91.6 Å². The molecule has 0 aliphatic heterocycles. The van der Waals surface area contributed by atoms with Gasteiger partial charge in [-0.2, -0.15) is 5.26 Å². The summed E-state index contributed by atoms with van der Waals surface area (Å²) in [5, 5.41) is 15.6. The summed E-state index contributed by atoms with van der Waals surface area (Å²) in [5.41, 5.74) is -0.254. The highest BCUT2D eigenvalue weighted by Crippen LogP contribution is 2.21. The van der Waals surface area contributed by atoms with Crippen LogP contribution in [-0.4, -0.2) is 28.2 Å². The summed E-state index contributed by atoms with van der Waals surface area (Å²) in [6, 6.07) is 1.78. The summed E-state index contributed by atoms with van der Waals surface area (Å²) >= 11 is 0. The van der Waals surface area contributed by atoms with Crippen LogP contribution in [0.1, 0.15) is 24.7 Å². The van der Waals surface area contributed by atoms with Gasteiger partial charge in [0.1, 0.15) is 11.4 Å². The molecule has 0 spiro atoms. The van der Waals surface area contributed by atoms with Gasteiger partial charge in [-0.25, -0.2) is 13.5 Å². The molecule has 0 fully saturated rings. The predicted octanol–water partition coefficient (Wildman–Crippen LogP) is 1.32. The minimum atomic E-state index is -2.68. The third-order valence-corrected chi connectivity index (χ3v) is 1.95. The number of hydrogen-bond donors (Lipinski definition) is 0. The van der Waals surface area contributed by atoms with E-state index in [1.807, 2.05) is 6.92 Å². The maximum absolute atomic E-state index is 12.7. The molecule has 0 aromatic carbocycles. The van der Waals surface area contributed by atoms with Gasteiger partial charge in [0.2, 0.25) is 0 Å². The normalized spacial score (nSPS) is 10.7. The van der Waals surface area contributed by atoms with Crippen LogP contribution in [0.15, 0.2) is 0 Å². The second-order valence-corrected chi connectivity index (χ2v) is 2.98. The zero-order chi connectivity index (χ0) is 12.0. The van der Waals surface area contributed by atoms with Gasteiger partial charge in [-0.3, -0.25) is 0 Å². The van der Waals surface area contributed by atoms with Crippen LogP contribution in [0.5, 0.6) is 0 Å². The van der Waals surface area contributed by atoms with Gasteiger partial charge in [-0.1, -0.05) is 5.21 Å². The van der Waals surface area contributed by atoms with Crippen molar-refractivity contribution in [3.8, 4) is 6.07 Å². The number of aromatic nitrogens is 3. The second kappa shape index (κ2) is 6.12. The Morgan fingerprint density at radius 2 is 2.31 bits per heavy atom. The minimum absolute atomic E-state index is 0.0361.